The molecule has 0 saturated heterocycles. The van der Waals surface area contributed by atoms with Gasteiger partial charge in [-0.1, -0.05) is 6.58 Å². The second-order valence-electron chi connectivity index (χ2n) is 3.06. The number of benzene rings is 1. The number of anilines is 1. The fourth-order valence-corrected chi connectivity index (χ4v) is 0.899. The van der Waals surface area contributed by atoms with E-state index >= 15 is 0 Å². The number of carbonyl (C=O) groups excluding carboxylic acids is 1. The lowest BCUT2D eigenvalue weighted by atomic mass is 10.2. The molecule has 0 bridgehead atoms. The number of phenols is 3. The number of rotatable bonds is 2. The number of nitrogens with one attached hydrogen (secondary N) is 1. The molecular formula is C10H11NO4. The second kappa shape index (κ2) is 3.91. The number of carbonyl (C=O) groups is 1. The highest BCUT2D eigenvalue weighted by Crippen LogP contribution is 2.40. The first-order valence-corrected chi connectivity index (χ1v) is 4.14. The van der Waals surface area contributed by atoms with E-state index in [1.54, 1.807) is 0 Å². The summed E-state index contributed by atoms with van der Waals surface area (Å²) in [6, 6.07) is 2.42. The predicted molar refractivity (Wildman–Crippen MR) is 54.9 cm³/mol. The Kier molecular flexibility index (Phi) is 2.85. The molecule has 0 saturated carbocycles. The topological polar surface area (TPSA) is 89.8 Å². The number of phenolic OH excluding ortho intramolecular Hbond substituents is 3. The summed E-state index contributed by atoms with van der Waals surface area (Å²) in [5, 5.41) is 29.9. The first kappa shape index (κ1) is 10.9. The average Bonchev–Trinajstić information content (AvgIpc) is 2.18. The van der Waals surface area contributed by atoms with Crippen molar-refractivity contribution in [2.24, 2.45) is 0 Å². The van der Waals surface area contributed by atoms with Crippen molar-refractivity contribution in [2.45, 2.75) is 6.92 Å². The Morgan fingerprint density at radius 2 is 1.87 bits per heavy atom. The largest absolute Gasteiger partial charge is 0.504 e. The molecule has 1 rings (SSSR count). The minimum absolute atomic E-state index is 0.0123. The number of hydrogen-bond acceptors (Lipinski definition) is 4. The van der Waals surface area contributed by atoms with Gasteiger partial charge < -0.3 is 20.6 Å². The molecule has 0 aromatic heterocycles. The Bertz CT molecular complexity index is 426. The van der Waals surface area contributed by atoms with Crippen LogP contribution in [0.4, 0.5) is 5.69 Å². The molecule has 0 atom stereocenters. The molecule has 0 radical (unpaired) electrons. The van der Waals surface area contributed by atoms with Gasteiger partial charge >= 0.3 is 0 Å². The molecular weight excluding hydrogens is 198 g/mol. The Morgan fingerprint density at radius 3 is 2.40 bits per heavy atom. The smallest absolute Gasteiger partial charge is 0.250 e. The van der Waals surface area contributed by atoms with Crippen molar-refractivity contribution in [3.8, 4) is 17.2 Å². The third-order valence-electron chi connectivity index (χ3n) is 1.77. The normalized spacial score (nSPS) is 9.67. The van der Waals surface area contributed by atoms with Crippen LogP contribution in [0.3, 0.4) is 0 Å². The van der Waals surface area contributed by atoms with Gasteiger partial charge in [-0.2, -0.15) is 0 Å². The maximum absolute atomic E-state index is 11.2. The molecule has 1 amide bonds. The van der Waals surface area contributed by atoms with Gasteiger partial charge in [0.25, 0.3) is 5.91 Å². The van der Waals surface area contributed by atoms with Gasteiger partial charge in [0.05, 0.1) is 5.69 Å². The summed E-state index contributed by atoms with van der Waals surface area (Å²) in [7, 11) is 0. The zero-order valence-electron chi connectivity index (χ0n) is 8.11. The van der Waals surface area contributed by atoms with E-state index in [9.17, 15) is 9.90 Å². The average molecular weight is 209 g/mol. The van der Waals surface area contributed by atoms with Crippen LogP contribution in [0.15, 0.2) is 24.3 Å². The maximum Gasteiger partial charge on any atom is 0.250 e. The van der Waals surface area contributed by atoms with E-state index in [-0.39, 0.29) is 11.3 Å². The summed E-state index contributed by atoms with van der Waals surface area (Å²) in [6.45, 7) is 4.92. The van der Waals surface area contributed by atoms with E-state index in [1.807, 2.05) is 0 Å². The Hall–Kier alpha value is -2.17. The van der Waals surface area contributed by atoms with Gasteiger partial charge in [-0.05, 0) is 19.1 Å². The molecule has 5 nitrogen and oxygen atoms in total. The fourth-order valence-electron chi connectivity index (χ4n) is 0.899. The highest BCUT2D eigenvalue weighted by atomic mass is 16.3. The molecule has 4 N–H and O–H groups in total. The molecule has 80 valence electrons. The van der Waals surface area contributed by atoms with Gasteiger partial charge in [-0.25, -0.2) is 0 Å². The second-order valence-corrected chi connectivity index (χ2v) is 3.06. The van der Waals surface area contributed by atoms with E-state index in [2.05, 4.69) is 11.9 Å². The van der Waals surface area contributed by atoms with Crippen LogP contribution >= 0.6 is 0 Å². The first-order valence-electron chi connectivity index (χ1n) is 4.14. The molecule has 15 heavy (non-hydrogen) atoms. The van der Waals surface area contributed by atoms with E-state index in [0.717, 1.165) is 6.07 Å². The molecule has 0 aliphatic heterocycles. The molecule has 0 heterocycles. The summed E-state index contributed by atoms with van der Waals surface area (Å²) in [4.78, 5) is 11.2. The van der Waals surface area contributed by atoms with Crippen LogP contribution in [0.1, 0.15) is 6.92 Å². The zero-order valence-corrected chi connectivity index (χ0v) is 8.11. The van der Waals surface area contributed by atoms with E-state index in [1.165, 1.54) is 13.0 Å². The van der Waals surface area contributed by atoms with Gasteiger partial charge in [-0.15, -0.1) is 0 Å². The van der Waals surface area contributed by atoms with Crippen molar-refractivity contribution in [1.29, 1.82) is 0 Å². The Morgan fingerprint density at radius 1 is 1.27 bits per heavy atom. The van der Waals surface area contributed by atoms with Crippen LogP contribution in [0, 0.1) is 0 Å². The van der Waals surface area contributed by atoms with Crippen LogP contribution in [0.2, 0.25) is 0 Å². The van der Waals surface area contributed by atoms with Crippen molar-refractivity contribution in [1.82, 2.24) is 0 Å². The quantitative estimate of drug-likeness (QED) is 0.336. The number of hydrogen-bond donors (Lipinski definition) is 4. The lowest BCUT2D eigenvalue weighted by molar-refractivity contribution is -0.112. The fraction of sp³-hybridized carbons (Fsp3) is 0.100. The lowest BCUT2D eigenvalue weighted by Crippen LogP contribution is -2.11. The summed E-state index contributed by atoms with van der Waals surface area (Å²) < 4.78 is 0. The summed E-state index contributed by atoms with van der Waals surface area (Å²) in [5.41, 5.74) is 0.278. The molecule has 0 aliphatic carbocycles. The van der Waals surface area contributed by atoms with Gasteiger partial charge in [0.15, 0.2) is 11.5 Å². The third-order valence-corrected chi connectivity index (χ3v) is 1.77. The lowest BCUT2D eigenvalue weighted by Gasteiger charge is -2.08. The van der Waals surface area contributed by atoms with Crippen LogP contribution in [-0.4, -0.2) is 21.2 Å². The summed E-state index contributed by atoms with van der Waals surface area (Å²) in [5.74, 6) is -2.18. The molecule has 1 aromatic carbocycles. The van der Waals surface area contributed by atoms with Crippen molar-refractivity contribution >= 4 is 11.6 Å². The van der Waals surface area contributed by atoms with E-state index in [4.69, 9.17) is 10.2 Å². The van der Waals surface area contributed by atoms with Gasteiger partial charge in [-0.3, -0.25) is 4.79 Å². The molecule has 0 aliphatic rings. The molecule has 0 unspecified atom stereocenters. The van der Waals surface area contributed by atoms with E-state index < -0.39 is 23.2 Å². The molecule has 0 fully saturated rings. The van der Waals surface area contributed by atoms with Crippen molar-refractivity contribution in [3.63, 3.8) is 0 Å². The van der Waals surface area contributed by atoms with Gasteiger partial charge in [0, 0.05) is 5.57 Å². The van der Waals surface area contributed by atoms with Crippen LogP contribution in [0.25, 0.3) is 0 Å². The van der Waals surface area contributed by atoms with Gasteiger partial charge in [0.2, 0.25) is 5.75 Å². The van der Waals surface area contributed by atoms with E-state index in [0.29, 0.717) is 0 Å². The molecule has 1 aromatic rings. The van der Waals surface area contributed by atoms with Crippen LogP contribution in [-0.2, 0) is 4.79 Å². The Labute approximate surface area is 86.3 Å². The van der Waals surface area contributed by atoms with Crippen molar-refractivity contribution in [2.75, 3.05) is 5.32 Å². The number of aromatic hydroxyl groups is 3. The first-order chi connectivity index (χ1) is 6.93. The highest BCUT2D eigenvalue weighted by Gasteiger charge is 2.13. The monoisotopic (exact) mass is 209 g/mol. The maximum atomic E-state index is 11.2. The number of amides is 1. The Balaban J connectivity index is 3.02. The highest BCUT2D eigenvalue weighted by molar-refractivity contribution is 6.03. The van der Waals surface area contributed by atoms with Crippen molar-refractivity contribution < 1.29 is 20.1 Å². The standard InChI is InChI=1S/C10H11NO4/c1-5(2)10(15)11-6-3-4-7(12)9(14)8(6)13/h3-4,12-14H,1H2,2H3,(H,11,15). The predicted octanol–water partition coefficient (Wildman–Crippen LogP) is 1.32. The van der Waals surface area contributed by atoms with Crippen LogP contribution in [0.5, 0.6) is 17.2 Å². The van der Waals surface area contributed by atoms with Crippen molar-refractivity contribution in [3.05, 3.63) is 24.3 Å². The summed E-state index contributed by atoms with van der Waals surface area (Å²) >= 11 is 0. The summed E-state index contributed by atoms with van der Waals surface area (Å²) in [6.07, 6.45) is 0. The minimum Gasteiger partial charge on any atom is -0.504 e. The SMILES string of the molecule is C=C(C)C(=O)Nc1ccc(O)c(O)c1O. The van der Waals surface area contributed by atoms with Crippen LogP contribution < -0.4 is 5.32 Å². The molecule has 0 spiro atoms. The van der Waals surface area contributed by atoms with Gasteiger partial charge in [0.1, 0.15) is 0 Å². The molecule has 5 heteroatoms. The minimum atomic E-state index is -0.672. The zero-order chi connectivity index (χ0) is 11.6. The third kappa shape index (κ3) is 2.19.